The molecular weight excluding hydrogens is 266 g/mol. The molecule has 0 bridgehead atoms. The summed E-state index contributed by atoms with van der Waals surface area (Å²) in [5.74, 6) is -0.457. The number of nitrogens with one attached hydrogen (secondary N) is 1. The van der Waals surface area contributed by atoms with E-state index >= 15 is 0 Å². The summed E-state index contributed by atoms with van der Waals surface area (Å²) < 4.78 is 0. The maximum atomic E-state index is 12.3. The molecule has 3 N–H and O–H groups in total. The fourth-order valence-corrected chi connectivity index (χ4v) is 1.92. The summed E-state index contributed by atoms with van der Waals surface area (Å²) in [5, 5.41) is 2.80. The highest BCUT2D eigenvalue weighted by Gasteiger charge is 2.18. The second-order valence-corrected chi connectivity index (χ2v) is 5.20. The van der Waals surface area contributed by atoms with Gasteiger partial charge in [0.05, 0.1) is 5.92 Å². The van der Waals surface area contributed by atoms with Gasteiger partial charge in [0, 0.05) is 30.4 Å². The van der Waals surface area contributed by atoms with Gasteiger partial charge in [-0.15, -0.1) is 0 Å². The highest BCUT2D eigenvalue weighted by molar-refractivity contribution is 5.97. The Morgan fingerprint density at radius 1 is 1.24 bits per heavy atom. The zero-order valence-corrected chi connectivity index (χ0v) is 13.2. The van der Waals surface area contributed by atoms with Crippen molar-refractivity contribution in [3.8, 4) is 0 Å². The van der Waals surface area contributed by atoms with Crippen molar-refractivity contribution in [2.45, 2.75) is 33.7 Å². The predicted molar refractivity (Wildman–Crippen MR) is 85.1 cm³/mol. The summed E-state index contributed by atoms with van der Waals surface area (Å²) in [7, 11) is 0. The first-order valence-corrected chi connectivity index (χ1v) is 7.36. The van der Waals surface area contributed by atoms with Crippen molar-refractivity contribution in [1.82, 2.24) is 4.90 Å². The number of hydrogen-bond acceptors (Lipinski definition) is 3. The van der Waals surface area contributed by atoms with Gasteiger partial charge in [0.2, 0.25) is 5.91 Å². The van der Waals surface area contributed by atoms with Crippen molar-refractivity contribution < 1.29 is 9.59 Å². The van der Waals surface area contributed by atoms with Crippen LogP contribution in [0.1, 0.15) is 38.1 Å². The van der Waals surface area contributed by atoms with E-state index in [4.69, 9.17) is 5.73 Å². The molecule has 0 aliphatic heterocycles. The normalized spacial score (nSPS) is 13.4. The van der Waals surface area contributed by atoms with Gasteiger partial charge in [0.15, 0.2) is 0 Å². The van der Waals surface area contributed by atoms with Crippen LogP contribution in [0.2, 0.25) is 0 Å². The third-order valence-electron chi connectivity index (χ3n) is 3.63. The van der Waals surface area contributed by atoms with Crippen molar-refractivity contribution in [1.29, 1.82) is 0 Å². The molecule has 0 spiro atoms. The average Bonchev–Trinajstić information content (AvgIpc) is 2.47. The fraction of sp³-hybridized carbons (Fsp3) is 0.500. The van der Waals surface area contributed by atoms with E-state index in [1.165, 1.54) is 0 Å². The van der Waals surface area contributed by atoms with E-state index in [1.807, 2.05) is 13.8 Å². The van der Waals surface area contributed by atoms with Crippen molar-refractivity contribution in [3.63, 3.8) is 0 Å². The van der Waals surface area contributed by atoms with Crippen LogP contribution in [0.25, 0.3) is 0 Å². The van der Waals surface area contributed by atoms with Gasteiger partial charge in [-0.2, -0.15) is 0 Å². The third kappa shape index (κ3) is 4.56. The van der Waals surface area contributed by atoms with Crippen LogP contribution in [0.4, 0.5) is 5.69 Å². The van der Waals surface area contributed by atoms with Crippen LogP contribution < -0.4 is 11.1 Å². The Morgan fingerprint density at radius 2 is 1.86 bits per heavy atom. The Bertz CT molecular complexity index is 496. The minimum Gasteiger partial charge on any atom is -0.339 e. The van der Waals surface area contributed by atoms with Crippen LogP contribution in [0.15, 0.2) is 24.3 Å². The highest BCUT2D eigenvalue weighted by atomic mass is 16.2. The van der Waals surface area contributed by atoms with Crippen LogP contribution in [0.5, 0.6) is 0 Å². The van der Waals surface area contributed by atoms with E-state index in [9.17, 15) is 9.59 Å². The van der Waals surface area contributed by atoms with Gasteiger partial charge in [-0.25, -0.2) is 0 Å². The Hall–Kier alpha value is -1.88. The van der Waals surface area contributed by atoms with E-state index in [0.29, 0.717) is 24.3 Å². The average molecular weight is 291 g/mol. The fourth-order valence-electron chi connectivity index (χ4n) is 1.92. The number of hydrogen-bond donors (Lipinski definition) is 2. The molecule has 0 heterocycles. The van der Waals surface area contributed by atoms with Gasteiger partial charge in [-0.1, -0.05) is 13.0 Å². The van der Waals surface area contributed by atoms with Gasteiger partial charge in [-0.3, -0.25) is 9.59 Å². The maximum Gasteiger partial charge on any atom is 0.253 e. The van der Waals surface area contributed by atoms with Gasteiger partial charge >= 0.3 is 0 Å². The van der Waals surface area contributed by atoms with Gasteiger partial charge < -0.3 is 16.0 Å². The molecule has 0 saturated heterocycles. The van der Waals surface area contributed by atoms with Crippen molar-refractivity contribution in [3.05, 3.63) is 29.8 Å². The summed E-state index contributed by atoms with van der Waals surface area (Å²) in [6.45, 7) is 8.78. The lowest BCUT2D eigenvalue weighted by atomic mass is 10.0. The monoisotopic (exact) mass is 291 g/mol. The molecule has 2 unspecified atom stereocenters. The summed E-state index contributed by atoms with van der Waals surface area (Å²) >= 11 is 0. The molecule has 0 aliphatic carbocycles. The summed E-state index contributed by atoms with van der Waals surface area (Å²) in [6.07, 6.45) is 0. The molecule has 0 saturated carbocycles. The van der Waals surface area contributed by atoms with Crippen molar-refractivity contribution >= 4 is 17.5 Å². The van der Waals surface area contributed by atoms with E-state index in [1.54, 1.807) is 43.0 Å². The molecule has 1 aromatic carbocycles. The van der Waals surface area contributed by atoms with Gasteiger partial charge in [-0.05, 0) is 39.0 Å². The number of anilines is 1. The molecule has 116 valence electrons. The summed E-state index contributed by atoms with van der Waals surface area (Å²) in [5.41, 5.74) is 6.91. The molecule has 21 heavy (non-hydrogen) atoms. The first-order valence-electron chi connectivity index (χ1n) is 7.36. The second-order valence-electron chi connectivity index (χ2n) is 5.20. The lowest BCUT2D eigenvalue weighted by Gasteiger charge is -2.19. The Morgan fingerprint density at radius 3 is 2.38 bits per heavy atom. The number of carbonyl (C=O) groups excluding carboxylic acids is 2. The van der Waals surface area contributed by atoms with Crippen LogP contribution in [0, 0.1) is 5.92 Å². The van der Waals surface area contributed by atoms with E-state index in [-0.39, 0.29) is 23.8 Å². The van der Waals surface area contributed by atoms with Gasteiger partial charge in [0.1, 0.15) is 0 Å². The Balaban J connectivity index is 2.86. The molecule has 1 aromatic rings. The number of rotatable bonds is 6. The van der Waals surface area contributed by atoms with Crippen molar-refractivity contribution in [2.75, 3.05) is 18.4 Å². The number of benzene rings is 1. The maximum absolute atomic E-state index is 12.3. The lowest BCUT2D eigenvalue weighted by molar-refractivity contribution is -0.119. The second kappa shape index (κ2) is 7.78. The number of nitrogens with zero attached hydrogens (tertiary/aromatic N) is 1. The summed E-state index contributed by atoms with van der Waals surface area (Å²) in [6, 6.07) is 6.77. The molecule has 0 radical (unpaired) electrons. The first kappa shape index (κ1) is 17.2. The zero-order chi connectivity index (χ0) is 16.0. The Kier molecular flexibility index (Phi) is 6.37. The van der Waals surface area contributed by atoms with E-state index in [0.717, 1.165) is 0 Å². The molecule has 0 fully saturated rings. The minimum absolute atomic E-state index is 0.0312. The Labute approximate surface area is 126 Å². The van der Waals surface area contributed by atoms with Crippen LogP contribution >= 0.6 is 0 Å². The molecule has 5 nitrogen and oxygen atoms in total. The molecule has 0 aromatic heterocycles. The quantitative estimate of drug-likeness (QED) is 0.842. The zero-order valence-electron chi connectivity index (χ0n) is 13.2. The van der Waals surface area contributed by atoms with E-state index < -0.39 is 0 Å². The standard InChI is InChI=1S/C16H25N3O2/c1-5-19(6-2)16(21)13-8-7-9-14(10-13)18-15(20)11(3)12(4)17/h7-12H,5-6,17H2,1-4H3,(H,18,20). The molecule has 2 atom stereocenters. The summed E-state index contributed by atoms with van der Waals surface area (Å²) in [4.78, 5) is 26.0. The number of nitrogens with two attached hydrogens (primary N) is 1. The third-order valence-corrected chi connectivity index (χ3v) is 3.63. The van der Waals surface area contributed by atoms with Crippen LogP contribution in [-0.4, -0.2) is 35.8 Å². The smallest absolute Gasteiger partial charge is 0.253 e. The molecule has 0 aliphatic rings. The molecule has 1 rings (SSSR count). The van der Waals surface area contributed by atoms with Crippen molar-refractivity contribution in [2.24, 2.45) is 11.7 Å². The molecular formula is C16H25N3O2. The number of amides is 2. The molecule has 5 heteroatoms. The highest BCUT2D eigenvalue weighted by Crippen LogP contribution is 2.14. The van der Waals surface area contributed by atoms with Gasteiger partial charge in [0.25, 0.3) is 5.91 Å². The first-order chi connectivity index (χ1) is 9.90. The lowest BCUT2D eigenvalue weighted by Crippen LogP contribution is -2.34. The SMILES string of the molecule is CCN(CC)C(=O)c1cccc(NC(=O)C(C)C(C)N)c1. The van der Waals surface area contributed by atoms with Crippen LogP contribution in [0.3, 0.4) is 0 Å². The van der Waals surface area contributed by atoms with E-state index in [2.05, 4.69) is 5.32 Å². The molecule has 2 amide bonds. The largest absolute Gasteiger partial charge is 0.339 e. The van der Waals surface area contributed by atoms with Crippen LogP contribution in [-0.2, 0) is 4.79 Å². The minimum atomic E-state index is -0.285. The topological polar surface area (TPSA) is 75.4 Å². The predicted octanol–water partition coefficient (Wildman–Crippen LogP) is 2.09. The number of carbonyl (C=O) groups is 2.